The van der Waals surface area contributed by atoms with Gasteiger partial charge in [0.05, 0.1) is 11.4 Å². The van der Waals surface area contributed by atoms with Crippen LogP contribution in [-0.4, -0.2) is 36.6 Å². The molecule has 8 nitrogen and oxygen atoms in total. The summed E-state index contributed by atoms with van der Waals surface area (Å²) < 4.78 is 4.82. The van der Waals surface area contributed by atoms with Gasteiger partial charge in [0.2, 0.25) is 5.91 Å². The highest BCUT2D eigenvalue weighted by Crippen LogP contribution is 2.24. The van der Waals surface area contributed by atoms with E-state index in [9.17, 15) is 9.59 Å². The molecule has 8 heteroatoms. The van der Waals surface area contributed by atoms with Gasteiger partial charge in [-0.15, -0.1) is 0 Å². The molecule has 0 spiro atoms. The van der Waals surface area contributed by atoms with E-state index in [2.05, 4.69) is 34.7 Å². The van der Waals surface area contributed by atoms with Gasteiger partial charge in [-0.05, 0) is 50.1 Å². The van der Waals surface area contributed by atoms with Crippen LogP contribution < -0.4 is 10.9 Å². The zero-order chi connectivity index (χ0) is 24.4. The van der Waals surface area contributed by atoms with Gasteiger partial charge in [-0.3, -0.25) is 9.59 Å². The van der Waals surface area contributed by atoms with Crippen molar-refractivity contribution in [1.82, 2.24) is 29.4 Å². The molecule has 3 heterocycles. The molecule has 35 heavy (non-hydrogen) atoms. The van der Waals surface area contributed by atoms with Crippen molar-refractivity contribution in [1.29, 1.82) is 0 Å². The average molecular weight is 467 g/mol. The molecular formula is C27H26N6O2. The Morgan fingerprint density at radius 3 is 2.34 bits per heavy atom. The van der Waals surface area contributed by atoms with Crippen LogP contribution in [0.25, 0.3) is 22.4 Å². The molecule has 1 N–H and O–H groups in total. The maximum Gasteiger partial charge on any atom is 0.280 e. The number of nitrogens with zero attached hydrogens (tertiary/aromatic N) is 5. The third kappa shape index (κ3) is 4.50. The monoisotopic (exact) mass is 466 g/mol. The summed E-state index contributed by atoms with van der Waals surface area (Å²) in [6.45, 7) is 4.17. The van der Waals surface area contributed by atoms with E-state index in [1.807, 2.05) is 66.3 Å². The van der Waals surface area contributed by atoms with Gasteiger partial charge < -0.3 is 9.88 Å². The summed E-state index contributed by atoms with van der Waals surface area (Å²) in [5.74, 6) is 0.351. The Balaban J connectivity index is 1.47. The first-order valence-corrected chi connectivity index (χ1v) is 11.5. The first kappa shape index (κ1) is 22.3. The Morgan fingerprint density at radius 1 is 0.914 bits per heavy atom. The molecule has 0 saturated heterocycles. The van der Waals surface area contributed by atoms with Gasteiger partial charge in [-0.25, -0.2) is 9.36 Å². The van der Waals surface area contributed by atoms with Crippen molar-refractivity contribution in [3.05, 3.63) is 106 Å². The molecule has 0 unspecified atom stereocenters. The SMILES string of the molecule is Cc1ccc(CCNC(=O)Cn2nc(C)c3nn(-c4ccccc4)c(-n4cccc4)c3c2=O)cc1. The fraction of sp³-hybridized carbons (Fsp3) is 0.185. The summed E-state index contributed by atoms with van der Waals surface area (Å²) in [5.41, 5.74) is 3.91. The second kappa shape index (κ2) is 9.42. The molecule has 0 radical (unpaired) electrons. The lowest BCUT2D eigenvalue weighted by molar-refractivity contribution is -0.121. The van der Waals surface area contributed by atoms with Gasteiger partial charge in [0.1, 0.15) is 17.4 Å². The minimum atomic E-state index is -0.356. The van der Waals surface area contributed by atoms with Crippen molar-refractivity contribution in [2.45, 2.75) is 26.8 Å². The normalized spacial score (nSPS) is 11.1. The van der Waals surface area contributed by atoms with E-state index in [1.165, 1.54) is 10.2 Å². The van der Waals surface area contributed by atoms with Crippen molar-refractivity contribution < 1.29 is 4.79 Å². The molecule has 3 aromatic heterocycles. The van der Waals surface area contributed by atoms with Crippen LogP contribution >= 0.6 is 0 Å². The Bertz CT molecular complexity index is 1530. The quantitative estimate of drug-likeness (QED) is 0.399. The minimum Gasteiger partial charge on any atom is -0.354 e. The molecule has 0 aliphatic heterocycles. The number of amides is 1. The van der Waals surface area contributed by atoms with Crippen LogP contribution in [0.2, 0.25) is 0 Å². The van der Waals surface area contributed by atoms with Crippen molar-refractivity contribution in [2.75, 3.05) is 6.54 Å². The van der Waals surface area contributed by atoms with Crippen LogP contribution in [0.1, 0.15) is 16.8 Å². The van der Waals surface area contributed by atoms with Crippen LogP contribution in [0.3, 0.4) is 0 Å². The lowest BCUT2D eigenvalue weighted by atomic mass is 10.1. The number of nitrogens with one attached hydrogen (secondary N) is 1. The molecule has 0 aliphatic carbocycles. The van der Waals surface area contributed by atoms with E-state index in [-0.39, 0.29) is 18.0 Å². The number of para-hydroxylation sites is 1. The van der Waals surface area contributed by atoms with Crippen LogP contribution in [0.4, 0.5) is 0 Å². The summed E-state index contributed by atoms with van der Waals surface area (Å²) >= 11 is 0. The molecule has 0 saturated carbocycles. The first-order valence-electron chi connectivity index (χ1n) is 11.5. The molecule has 0 atom stereocenters. The van der Waals surface area contributed by atoms with Gasteiger partial charge in [0.15, 0.2) is 5.82 Å². The highest BCUT2D eigenvalue weighted by atomic mass is 16.2. The summed E-state index contributed by atoms with van der Waals surface area (Å²) in [7, 11) is 0. The molecule has 0 bridgehead atoms. The van der Waals surface area contributed by atoms with Gasteiger partial charge in [0.25, 0.3) is 5.56 Å². The molecule has 0 fully saturated rings. The molecule has 1 amide bonds. The van der Waals surface area contributed by atoms with Crippen LogP contribution in [0, 0.1) is 13.8 Å². The number of carbonyl (C=O) groups is 1. The number of rotatable bonds is 7. The second-order valence-electron chi connectivity index (χ2n) is 8.52. The first-order chi connectivity index (χ1) is 17.0. The van der Waals surface area contributed by atoms with E-state index < -0.39 is 0 Å². The summed E-state index contributed by atoms with van der Waals surface area (Å²) in [4.78, 5) is 26.2. The third-order valence-electron chi connectivity index (χ3n) is 5.92. The fourth-order valence-corrected chi connectivity index (χ4v) is 4.13. The number of hydrogen-bond acceptors (Lipinski definition) is 4. The third-order valence-corrected chi connectivity index (χ3v) is 5.92. The summed E-state index contributed by atoms with van der Waals surface area (Å²) in [6.07, 6.45) is 4.45. The van der Waals surface area contributed by atoms with E-state index in [1.54, 1.807) is 11.6 Å². The number of aryl methyl sites for hydroxylation is 2. The Labute approximate surface area is 202 Å². The summed E-state index contributed by atoms with van der Waals surface area (Å²) in [5, 5.41) is 12.5. The maximum absolute atomic E-state index is 13.6. The standard InChI is InChI=1S/C27H26N6O2/c1-19-10-12-21(13-11-19)14-15-28-23(34)18-32-27(35)24-25(20(2)29-32)30-33(22-8-4-3-5-9-22)26(24)31-16-6-7-17-31/h3-13,16-17H,14-15,18H2,1-2H3,(H,28,34). The lowest BCUT2D eigenvalue weighted by Crippen LogP contribution is -2.35. The highest BCUT2D eigenvalue weighted by molar-refractivity contribution is 5.88. The molecule has 5 aromatic rings. The average Bonchev–Trinajstić information content (AvgIpc) is 3.52. The maximum atomic E-state index is 13.6. The Kier molecular flexibility index (Phi) is 6.01. The van der Waals surface area contributed by atoms with Gasteiger partial charge in [-0.2, -0.15) is 10.2 Å². The predicted octanol–water partition coefficient (Wildman–Crippen LogP) is 3.35. The van der Waals surface area contributed by atoms with E-state index >= 15 is 0 Å². The van der Waals surface area contributed by atoms with Crippen LogP contribution in [0.15, 0.2) is 83.9 Å². The molecule has 2 aromatic carbocycles. The van der Waals surface area contributed by atoms with Crippen LogP contribution in [-0.2, 0) is 17.8 Å². The molecule has 0 aliphatic rings. The fourth-order valence-electron chi connectivity index (χ4n) is 4.13. The van der Waals surface area contributed by atoms with Gasteiger partial charge in [-0.1, -0.05) is 48.0 Å². The van der Waals surface area contributed by atoms with Crippen molar-refractivity contribution in [2.24, 2.45) is 0 Å². The Hall–Kier alpha value is -4.46. The molecular weight excluding hydrogens is 440 g/mol. The number of fused-ring (bicyclic) bond motifs is 1. The lowest BCUT2D eigenvalue weighted by Gasteiger charge is -2.10. The number of benzene rings is 2. The molecule has 176 valence electrons. The predicted molar refractivity (Wildman–Crippen MR) is 135 cm³/mol. The van der Waals surface area contributed by atoms with E-state index in [0.29, 0.717) is 35.4 Å². The van der Waals surface area contributed by atoms with E-state index in [0.717, 1.165) is 11.3 Å². The largest absolute Gasteiger partial charge is 0.354 e. The second-order valence-corrected chi connectivity index (χ2v) is 8.52. The zero-order valence-electron chi connectivity index (χ0n) is 19.7. The van der Waals surface area contributed by atoms with E-state index in [4.69, 9.17) is 5.10 Å². The number of hydrogen-bond donors (Lipinski definition) is 1. The molecule has 5 rings (SSSR count). The van der Waals surface area contributed by atoms with Crippen LogP contribution in [0.5, 0.6) is 0 Å². The van der Waals surface area contributed by atoms with Crippen molar-refractivity contribution in [3.8, 4) is 11.5 Å². The van der Waals surface area contributed by atoms with Crippen molar-refractivity contribution >= 4 is 16.8 Å². The Morgan fingerprint density at radius 2 is 1.63 bits per heavy atom. The zero-order valence-corrected chi connectivity index (χ0v) is 19.7. The number of aromatic nitrogens is 5. The minimum absolute atomic E-state index is 0.162. The number of carbonyl (C=O) groups excluding carboxylic acids is 1. The van der Waals surface area contributed by atoms with Gasteiger partial charge >= 0.3 is 0 Å². The topological polar surface area (TPSA) is 86.7 Å². The van der Waals surface area contributed by atoms with Gasteiger partial charge in [0, 0.05) is 18.9 Å². The smallest absolute Gasteiger partial charge is 0.280 e. The summed E-state index contributed by atoms with van der Waals surface area (Å²) in [6, 6.07) is 21.6. The van der Waals surface area contributed by atoms with Crippen molar-refractivity contribution in [3.63, 3.8) is 0 Å². The highest BCUT2D eigenvalue weighted by Gasteiger charge is 2.22.